The first-order valence-electron chi connectivity index (χ1n) is 6.96. The number of pyridine rings is 1. The fraction of sp³-hybridized carbons (Fsp3) is 0.667. The predicted molar refractivity (Wildman–Crippen MR) is 73.7 cm³/mol. The van der Waals surface area contributed by atoms with Crippen molar-refractivity contribution in [2.45, 2.75) is 58.0 Å². The zero-order valence-corrected chi connectivity index (χ0v) is 11.6. The molecule has 0 aliphatic carbocycles. The van der Waals surface area contributed by atoms with E-state index in [0.717, 1.165) is 18.4 Å². The van der Waals surface area contributed by atoms with Crippen LogP contribution in [0, 0.1) is 0 Å². The molecular weight excluding hydrogens is 226 g/mol. The zero-order valence-electron chi connectivity index (χ0n) is 11.6. The lowest BCUT2D eigenvalue weighted by Gasteiger charge is -2.10. The van der Waals surface area contributed by atoms with E-state index >= 15 is 0 Å². The number of aromatic nitrogens is 1. The third-order valence-corrected chi connectivity index (χ3v) is 3.18. The molecule has 1 aromatic rings. The van der Waals surface area contributed by atoms with Gasteiger partial charge < -0.3 is 9.84 Å². The number of methoxy groups -OCH3 is 1. The van der Waals surface area contributed by atoms with Gasteiger partial charge in [0, 0.05) is 12.3 Å². The van der Waals surface area contributed by atoms with E-state index in [9.17, 15) is 5.11 Å². The first kappa shape index (κ1) is 15.0. The van der Waals surface area contributed by atoms with Gasteiger partial charge >= 0.3 is 0 Å². The van der Waals surface area contributed by atoms with Gasteiger partial charge in [0.05, 0.1) is 13.2 Å². The highest BCUT2D eigenvalue weighted by Gasteiger charge is 2.07. The van der Waals surface area contributed by atoms with Crippen LogP contribution in [-0.4, -0.2) is 17.2 Å². The number of aliphatic hydroxyl groups is 1. The minimum absolute atomic E-state index is 0.394. The molecule has 0 spiro atoms. The van der Waals surface area contributed by atoms with Crippen LogP contribution in [0.1, 0.15) is 63.5 Å². The molecule has 1 heterocycles. The summed E-state index contributed by atoms with van der Waals surface area (Å²) in [6.45, 7) is 2.22. The van der Waals surface area contributed by atoms with E-state index in [4.69, 9.17) is 4.74 Å². The van der Waals surface area contributed by atoms with Gasteiger partial charge in [0.15, 0.2) is 0 Å². The molecule has 1 rings (SSSR count). The van der Waals surface area contributed by atoms with E-state index in [1.165, 1.54) is 32.1 Å². The SMILES string of the molecule is CCCCCCCCC(O)c1ccc(OC)nc1. The Labute approximate surface area is 110 Å². The van der Waals surface area contributed by atoms with Crippen LogP contribution in [0.2, 0.25) is 0 Å². The van der Waals surface area contributed by atoms with E-state index in [2.05, 4.69) is 11.9 Å². The number of rotatable bonds is 9. The van der Waals surface area contributed by atoms with Crippen molar-refractivity contribution in [3.8, 4) is 5.88 Å². The van der Waals surface area contributed by atoms with Crippen LogP contribution in [0.25, 0.3) is 0 Å². The van der Waals surface area contributed by atoms with Gasteiger partial charge in [-0.2, -0.15) is 0 Å². The van der Waals surface area contributed by atoms with Crippen LogP contribution in [-0.2, 0) is 0 Å². The topological polar surface area (TPSA) is 42.4 Å². The molecule has 0 saturated heterocycles. The molecule has 1 unspecified atom stereocenters. The van der Waals surface area contributed by atoms with Crippen molar-refractivity contribution >= 4 is 0 Å². The van der Waals surface area contributed by atoms with Gasteiger partial charge in [0.1, 0.15) is 0 Å². The largest absolute Gasteiger partial charge is 0.481 e. The van der Waals surface area contributed by atoms with Crippen molar-refractivity contribution in [2.75, 3.05) is 7.11 Å². The Morgan fingerprint density at radius 1 is 1.17 bits per heavy atom. The lowest BCUT2D eigenvalue weighted by molar-refractivity contribution is 0.162. The molecule has 0 radical (unpaired) electrons. The third-order valence-electron chi connectivity index (χ3n) is 3.18. The Bertz CT molecular complexity index is 311. The van der Waals surface area contributed by atoms with E-state index in [1.54, 1.807) is 19.4 Å². The van der Waals surface area contributed by atoms with Crippen molar-refractivity contribution in [1.82, 2.24) is 4.98 Å². The molecule has 1 atom stereocenters. The number of hydrogen-bond acceptors (Lipinski definition) is 3. The van der Waals surface area contributed by atoms with Gasteiger partial charge in [-0.05, 0) is 18.1 Å². The van der Waals surface area contributed by atoms with E-state index in [1.807, 2.05) is 6.07 Å². The molecule has 0 bridgehead atoms. The maximum atomic E-state index is 10.0. The summed E-state index contributed by atoms with van der Waals surface area (Å²) in [7, 11) is 1.59. The predicted octanol–water partition coefficient (Wildman–Crippen LogP) is 3.87. The molecule has 1 N–H and O–H groups in total. The third kappa shape index (κ3) is 5.50. The average Bonchev–Trinajstić information content (AvgIpc) is 2.42. The Hall–Kier alpha value is -1.09. The maximum Gasteiger partial charge on any atom is 0.212 e. The smallest absolute Gasteiger partial charge is 0.212 e. The normalized spacial score (nSPS) is 12.4. The molecule has 0 aliphatic heterocycles. The second-order valence-electron chi connectivity index (χ2n) is 4.71. The molecular formula is C15H25NO2. The molecule has 0 aliphatic rings. The number of nitrogens with zero attached hydrogens (tertiary/aromatic N) is 1. The number of aliphatic hydroxyl groups excluding tert-OH is 1. The summed E-state index contributed by atoms with van der Waals surface area (Å²) in [5, 5.41) is 10.0. The summed E-state index contributed by atoms with van der Waals surface area (Å²) in [6, 6.07) is 3.67. The molecule has 3 nitrogen and oxygen atoms in total. The molecule has 1 aromatic heterocycles. The average molecular weight is 251 g/mol. The summed E-state index contributed by atoms with van der Waals surface area (Å²) in [4.78, 5) is 4.10. The van der Waals surface area contributed by atoms with Gasteiger partial charge in [-0.25, -0.2) is 4.98 Å². The van der Waals surface area contributed by atoms with Crippen molar-refractivity contribution in [3.63, 3.8) is 0 Å². The lowest BCUT2D eigenvalue weighted by Crippen LogP contribution is -1.99. The van der Waals surface area contributed by atoms with E-state index < -0.39 is 6.10 Å². The Kier molecular flexibility index (Phi) is 7.42. The van der Waals surface area contributed by atoms with Gasteiger partial charge in [-0.15, -0.1) is 0 Å². The van der Waals surface area contributed by atoms with Crippen LogP contribution in [0.15, 0.2) is 18.3 Å². The van der Waals surface area contributed by atoms with Crippen molar-refractivity contribution < 1.29 is 9.84 Å². The quantitative estimate of drug-likeness (QED) is 0.677. The van der Waals surface area contributed by atoms with Crippen LogP contribution in [0.3, 0.4) is 0 Å². The summed E-state index contributed by atoms with van der Waals surface area (Å²) in [6.07, 6.45) is 9.61. The van der Waals surface area contributed by atoms with Crippen LogP contribution in [0.4, 0.5) is 0 Å². The van der Waals surface area contributed by atoms with E-state index in [-0.39, 0.29) is 0 Å². The fourth-order valence-corrected chi connectivity index (χ4v) is 1.99. The number of ether oxygens (including phenoxy) is 1. The van der Waals surface area contributed by atoms with E-state index in [0.29, 0.717) is 5.88 Å². The van der Waals surface area contributed by atoms with Crippen LogP contribution in [0.5, 0.6) is 5.88 Å². The summed E-state index contributed by atoms with van der Waals surface area (Å²) < 4.78 is 4.99. The lowest BCUT2D eigenvalue weighted by atomic mass is 10.0. The molecule has 0 fully saturated rings. The number of unbranched alkanes of at least 4 members (excludes halogenated alkanes) is 5. The minimum atomic E-state index is -0.394. The Morgan fingerprint density at radius 3 is 2.50 bits per heavy atom. The van der Waals surface area contributed by atoms with Crippen molar-refractivity contribution in [2.24, 2.45) is 0 Å². The monoisotopic (exact) mass is 251 g/mol. The van der Waals surface area contributed by atoms with Crippen LogP contribution < -0.4 is 4.74 Å². The zero-order chi connectivity index (χ0) is 13.2. The first-order chi connectivity index (χ1) is 8.77. The summed E-state index contributed by atoms with van der Waals surface area (Å²) >= 11 is 0. The van der Waals surface area contributed by atoms with Crippen LogP contribution >= 0.6 is 0 Å². The second-order valence-corrected chi connectivity index (χ2v) is 4.71. The van der Waals surface area contributed by atoms with Gasteiger partial charge in [0.25, 0.3) is 0 Å². The molecule has 102 valence electrons. The maximum absolute atomic E-state index is 10.0. The highest BCUT2D eigenvalue weighted by Crippen LogP contribution is 2.20. The summed E-state index contributed by atoms with van der Waals surface area (Å²) in [5.74, 6) is 0.588. The molecule has 0 amide bonds. The van der Waals surface area contributed by atoms with Gasteiger partial charge in [-0.1, -0.05) is 45.4 Å². The summed E-state index contributed by atoms with van der Waals surface area (Å²) in [5.41, 5.74) is 0.879. The molecule has 18 heavy (non-hydrogen) atoms. The molecule has 0 aromatic carbocycles. The Morgan fingerprint density at radius 2 is 1.89 bits per heavy atom. The molecule has 0 saturated carbocycles. The standard InChI is InChI=1S/C15H25NO2/c1-3-4-5-6-7-8-9-14(17)13-10-11-15(18-2)16-12-13/h10-12,14,17H,3-9H2,1-2H3. The molecule has 3 heteroatoms. The highest BCUT2D eigenvalue weighted by atomic mass is 16.5. The van der Waals surface area contributed by atoms with Crippen molar-refractivity contribution in [1.29, 1.82) is 0 Å². The van der Waals surface area contributed by atoms with Gasteiger partial charge in [0.2, 0.25) is 5.88 Å². The Balaban J connectivity index is 2.21. The van der Waals surface area contributed by atoms with Crippen molar-refractivity contribution in [3.05, 3.63) is 23.9 Å². The number of hydrogen-bond donors (Lipinski definition) is 1. The van der Waals surface area contributed by atoms with Gasteiger partial charge in [-0.3, -0.25) is 0 Å². The second kappa shape index (κ2) is 8.92. The first-order valence-corrected chi connectivity index (χ1v) is 6.96. The fourth-order valence-electron chi connectivity index (χ4n) is 1.99. The minimum Gasteiger partial charge on any atom is -0.481 e. The highest BCUT2D eigenvalue weighted by molar-refractivity contribution is 5.19.